The Labute approximate surface area is 136 Å². The molecule has 6 heteroatoms. The zero-order valence-corrected chi connectivity index (χ0v) is 13.4. The smallest absolute Gasteiger partial charge is 0.345 e. The predicted molar refractivity (Wildman–Crippen MR) is 88.5 cm³/mol. The summed E-state index contributed by atoms with van der Waals surface area (Å²) < 4.78 is 0. The number of benzene rings is 1. The summed E-state index contributed by atoms with van der Waals surface area (Å²) in [6.45, 7) is 0.371. The molecular formula is C16H15NO3S2. The molecule has 0 fully saturated rings. The molecule has 1 aliphatic rings. The van der Waals surface area contributed by atoms with Crippen LogP contribution in [0, 0.1) is 0 Å². The van der Waals surface area contributed by atoms with Crippen LogP contribution in [0.2, 0.25) is 0 Å². The third-order valence-electron chi connectivity index (χ3n) is 3.54. The van der Waals surface area contributed by atoms with Gasteiger partial charge in [0.1, 0.15) is 10.1 Å². The van der Waals surface area contributed by atoms with Crippen molar-refractivity contribution in [2.45, 2.75) is 18.2 Å². The van der Waals surface area contributed by atoms with Crippen LogP contribution in [0.25, 0.3) is 0 Å². The van der Waals surface area contributed by atoms with Gasteiger partial charge in [0.15, 0.2) is 0 Å². The lowest BCUT2D eigenvalue weighted by Gasteiger charge is -2.24. The number of carbonyl (C=O) groups excluding carboxylic acids is 1. The monoisotopic (exact) mass is 333 g/mol. The van der Waals surface area contributed by atoms with Crippen LogP contribution in [0.15, 0.2) is 36.4 Å². The Morgan fingerprint density at radius 2 is 2.05 bits per heavy atom. The van der Waals surface area contributed by atoms with E-state index in [1.54, 1.807) is 23.9 Å². The number of hydrogen-bond donors (Lipinski definition) is 2. The molecule has 0 aliphatic carbocycles. The van der Waals surface area contributed by atoms with E-state index in [2.05, 4.69) is 11.4 Å². The molecule has 2 aromatic rings. The minimum atomic E-state index is -0.931. The highest BCUT2D eigenvalue weighted by Crippen LogP contribution is 2.36. The van der Waals surface area contributed by atoms with Crippen molar-refractivity contribution < 1.29 is 14.7 Å². The molecule has 4 nitrogen and oxygen atoms in total. The van der Waals surface area contributed by atoms with Gasteiger partial charge in [0.25, 0.3) is 0 Å². The standard InChI is InChI=1S/C16H15NO3S2/c18-15(17-9-11-5-6-13(22-11)16(19)20)14-12-4-2-1-3-10(12)7-8-21-14/h1-6,14H,7-9H2,(H,17,18)(H,19,20). The van der Waals surface area contributed by atoms with Gasteiger partial charge < -0.3 is 10.4 Å². The molecule has 2 heterocycles. The number of hydrogen-bond acceptors (Lipinski definition) is 4. The number of carboxylic acid groups (broad SMARTS) is 1. The quantitative estimate of drug-likeness (QED) is 0.902. The Balaban J connectivity index is 1.66. The third-order valence-corrected chi connectivity index (χ3v) is 5.86. The largest absolute Gasteiger partial charge is 0.477 e. The van der Waals surface area contributed by atoms with Crippen LogP contribution in [0.5, 0.6) is 0 Å². The Bertz CT molecular complexity index is 711. The molecule has 0 saturated carbocycles. The highest BCUT2D eigenvalue weighted by atomic mass is 32.2. The average Bonchev–Trinajstić information content (AvgIpc) is 3.01. The molecule has 2 N–H and O–H groups in total. The first kappa shape index (κ1) is 15.1. The molecule has 0 spiro atoms. The van der Waals surface area contributed by atoms with Crippen molar-refractivity contribution in [3.8, 4) is 0 Å². The number of rotatable bonds is 4. The minimum absolute atomic E-state index is 0.0116. The Kier molecular flexibility index (Phi) is 4.49. The van der Waals surface area contributed by atoms with Crippen LogP contribution in [-0.2, 0) is 17.8 Å². The summed E-state index contributed by atoms with van der Waals surface area (Å²) in [5, 5.41) is 11.7. The number of fused-ring (bicyclic) bond motifs is 1. The molecule has 0 radical (unpaired) electrons. The van der Waals surface area contributed by atoms with E-state index in [0.29, 0.717) is 11.4 Å². The summed E-state index contributed by atoms with van der Waals surface area (Å²) in [5.41, 5.74) is 2.33. The van der Waals surface area contributed by atoms with Gasteiger partial charge >= 0.3 is 5.97 Å². The first-order chi connectivity index (χ1) is 10.6. The predicted octanol–water partition coefficient (Wildman–Crippen LogP) is 3.09. The summed E-state index contributed by atoms with van der Waals surface area (Å²) in [6.07, 6.45) is 0.998. The molecule has 22 heavy (non-hydrogen) atoms. The number of carbonyl (C=O) groups is 2. The zero-order valence-electron chi connectivity index (χ0n) is 11.7. The SMILES string of the molecule is O=C(O)c1ccc(CNC(=O)C2SCCc3ccccc32)s1. The number of nitrogens with one attached hydrogen (secondary N) is 1. The maximum atomic E-state index is 12.4. The van der Waals surface area contributed by atoms with Gasteiger partial charge in [-0.05, 0) is 35.4 Å². The molecular weight excluding hydrogens is 318 g/mol. The van der Waals surface area contributed by atoms with E-state index in [0.717, 1.165) is 22.6 Å². The van der Waals surface area contributed by atoms with Crippen LogP contribution >= 0.6 is 23.1 Å². The van der Waals surface area contributed by atoms with E-state index in [-0.39, 0.29) is 11.2 Å². The van der Waals surface area contributed by atoms with Gasteiger partial charge in [-0.1, -0.05) is 24.3 Å². The molecule has 3 rings (SSSR count). The summed E-state index contributed by atoms with van der Waals surface area (Å²) >= 11 is 2.85. The molecule has 1 aromatic carbocycles. The van der Waals surface area contributed by atoms with Crippen molar-refractivity contribution in [1.82, 2.24) is 5.32 Å². The van der Waals surface area contributed by atoms with Gasteiger partial charge in [-0.15, -0.1) is 23.1 Å². The van der Waals surface area contributed by atoms with E-state index < -0.39 is 5.97 Å². The van der Waals surface area contributed by atoms with Gasteiger partial charge in [0, 0.05) is 4.88 Å². The fourth-order valence-electron chi connectivity index (χ4n) is 2.47. The van der Waals surface area contributed by atoms with E-state index in [9.17, 15) is 9.59 Å². The second kappa shape index (κ2) is 6.54. The zero-order chi connectivity index (χ0) is 15.5. The molecule has 1 atom stereocenters. The maximum Gasteiger partial charge on any atom is 0.345 e. The van der Waals surface area contributed by atoms with Gasteiger partial charge in [0.2, 0.25) is 5.91 Å². The van der Waals surface area contributed by atoms with Crippen molar-refractivity contribution in [1.29, 1.82) is 0 Å². The van der Waals surface area contributed by atoms with E-state index >= 15 is 0 Å². The lowest BCUT2D eigenvalue weighted by atomic mass is 10.0. The van der Waals surface area contributed by atoms with Crippen LogP contribution in [0.1, 0.15) is 30.9 Å². The fourth-order valence-corrected chi connectivity index (χ4v) is 4.47. The van der Waals surface area contributed by atoms with E-state index in [4.69, 9.17) is 5.11 Å². The minimum Gasteiger partial charge on any atom is -0.477 e. The Morgan fingerprint density at radius 1 is 1.23 bits per heavy atom. The van der Waals surface area contributed by atoms with Crippen LogP contribution in [0.4, 0.5) is 0 Å². The van der Waals surface area contributed by atoms with Crippen molar-refractivity contribution in [3.63, 3.8) is 0 Å². The van der Waals surface area contributed by atoms with Crippen LogP contribution in [-0.4, -0.2) is 22.7 Å². The lowest BCUT2D eigenvalue weighted by molar-refractivity contribution is -0.120. The summed E-state index contributed by atoms with van der Waals surface area (Å²) in [6, 6.07) is 11.4. The first-order valence-electron chi connectivity index (χ1n) is 6.94. The number of thiophene rings is 1. The molecule has 114 valence electrons. The molecule has 0 bridgehead atoms. The lowest BCUT2D eigenvalue weighted by Crippen LogP contribution is -2.29. The Hall–Kier alpha value is -1.79. The molecule has 1 unspecified atom stereocenters. The number of thioether (sulfide) groups is 1. The van der Waals surface area contributed by atoms with Gasteiger partial charge in [-0.25, -0.2) is 4.79 Å². The van der Waals surface area contributed by atoms with E-state index in [1.165, 1.54) is 16.9 Å². The van der Waals surface area contributed by atoms with Crippen LogP contribution in [0.3, 0.4) is 0 Å². The van der Waals surface area contributed by atoms with E-state index in [1.807, 2.05) is 18.2 Å². The summed E-state index contributed by atoms with van der Waals surface area (Å²) in [7, 11) is 0. The fraction of sp³-hybridized carbons (Fsp3) is 0.250. The highest BCUT2D eigenvalue weighted by molar-refractivity contribution is 8.00. The molecule has 1 amide bonds. The topological polar surface area (TPSA) is 66.4 Å². The normalized spacial score (nSPS) is 16.8. The summed E-state index contributed by atoms with van der Waals surface area (Å²) in [5.74, 6) is -0.00108. The molecule has 0 saturated heterocycles. The molecule has 1 aliphatic heterocycles. The average molecular weight is 333 g/mol. The Morgan fingerprint density at radius 3 is 2.82 bits per heavy atom. The van der Waals surface area contributed by atoms with Gasteiger partial charge in [-0.3, -0.25) is 4.79 Å². The molecule has 1 aromatic heterocycles. The number of aryl methyl sites for hydroxylation is 1. The summed E-state index contributed by atoms with van der Waals surface area (Å²) in [4.78, 5) is 24.4. The number of amides is 1. The first-order valence-corrected chi connectivity index (χ1v) is 8.81. The second-order valence-electron chi connectivity index (χ2n) is 4.99. The highest BCUT2D eigenvalue weighted by Gasteiger charge is 2.26. The van der Waals surface area contributed by atoms with Crippen LogP contribution < -0.4 is 5.32 Å². The number of carboxylic acids is 1. The van der Waals surface area contributed by atoms with Crippen molar-refractivity contribution >= 4 is 35.0 Å². The third kappa shape index (κ3) is 3.18. The maximum absolute atomic E-state index is 12.4. The number of aromatic carboxylic acids is 1. The van der Waals surface area contributed by atoms with Gasteiger partial charge in [0.05, 0.1) is 6.54 Å². The second-order valence-corrected chi connectivity index (χ2v) is 7.37. The van der Waals surface area contributed by atoms with Crippen molar-refractivity contribution in [3.05, 3.63) is 57.3 Å². The van der Waals surface area contributed by atoms with Crippen molar-refractivity contribution in [2.75, 3.05) is 5.75 Å². The van der Waals surface area contributed by atoms with Gasteiger partial charge in [-0.2, -0.15) is 0 Å². The van der Waals surface area contributed by atoms with Crippen molar-refractivity contribution in [2.24, 2.45) is 0 Å².